The number of carbonyl (C=O) groups is 2. The molecule has 0 bridgehead atoms. The average Bonchev–Trinajstić information content (AvgIpc) is 3.31. The molecule has 6 heteroatoms. The highest BCUT2D eigenvalue weighted by molar-refractivity contribution is 5.98. The number of esters is 1. The molecule has 1 N–H and O–H groups in total. The topological polar surface area (TPSA) is 77.6 Å². The van der Waals surface area contributed by atoms with Gasteiger partial charge < -0.3 is 19.2 Å². The molecule has 0 spiro atoms. The quantitative estimate of drug-likeness (QED) is 0.624. The van der Waals surface area contributed by atoms with Gasteiger partial charge in [-0.25, -0.2) is 4.79 Å². The van der Waals surface area contributed by atoms with Crippen molar-refractivity contribution in [3.8, 4) is 5.75 Å². The molecule has 6 nitrogen and oxygen atoms in total. The minimum absolute atomic E-state index is 0.147. The van der Waals surface area contributed by atoms with Crippen LogP contribution >= 0.6 is 0 Å². The molecule has 0 unspecified atom stereocenters. The standard InChI is InChI=1S/C18H19NO5/c20-17(16-4-1-9-19-16)12-24-18(21)13-5-7-14(8-6-13)23-11-15-3-2-10-22-15/h1,4-9,15,19H,2-3,10-12H2/t15-/m0/s1. The van der Waals surface area contributed by atoms with Crippen molar-refractivity contribution in [1.82, 2.24) is 4.98 Å². The maximum atomic E-state index is 12.0. The molecule has 0 radical (unpaired) electrons. The zero-order chi connectivity index (χ0) is 16.8. The van der Waals surface area contributed by atoms with E-state index in [1.807, 2.05) is 0 Å². The Hall–Kier alpha value is -2.60. The fraction of sp³-hybridized carbons (Fsp3) is 0.333. The fourth-order valence-corrected chi connectivity index (χ4v) is 2.45. The van der Waals surface area contributed by atoms with Crippen LogP contribution in [0.3, 0.4) is 0 Å². The van der Waals surface area contributed by atoms with Crippen molar-refractivity contribution < 1.29 is 23.8 Å². The summed E-state index contributed by atoms with van der Waals surface area (Å²) in [7, 11) is 0. The van der Waals surface area contributed by atoms with Crippen molar-refractivity contribution in [2.24, 2.45) is 0 Å². The maximum absolute atomic E-state index is 12.0. The molecule has 1 aromatic carbocycles. The van der Waals surface area contributed by atoms with Crippen LogP contribution in [0.4, 0.5) is 0 Å². The molecule has 3 rings (SSSR count). The van der Waals surface area contributed by atoms with Gasteiger partial charge in [0.05, 0.1) is 17.4 Å². The lowest BCUT2D eigenvalue weighted by Gasteiger charge is -2.11. The molecule has 2 heterocycles. The minimum Gasteiger partial charge on any atom is -0.491 e. The van der Waals surface area contributed by atoms with Gasteiger partial charge in [0.2, 0.25) is 5.78 Å². The number of hydrogen-bond donors (Lipinski definition) is 1. The van der Waals surface area contributed by atoms with E-state index < -0.39 is 5.97 Å². The zero-order valence-corrected chi connectivity index (χ0v) is 13.2. The van der Waals surface area contributed by atoms with Gasteiger partial charge in [-0.3, -0.25) is 4.79 Å². The fourth-order valence-electron chi connectivity index (χ4n) is 2.45. The third kappa shape index (κ3) is 4.23. The van der Waals surface area contributed by atoms with Gasteiger partial charge in [0, 0.05) is 12.8 Å². The molecule has 1 fully saturated rings. The second-order valence-electron chi connectivity index (χ2n) is 5.55. The molecular formula is C18H19NO5. The number of aromatic nitrogens is 1. The largest absolute Gasteiger partial charge is 0.491 e. The van der Waals surface area contributed by atoms with E-state index in [2.05, 4.69) is 4.98 Å². The van der Waals surface area contributed by atoms with E-state index >= 15 is 0 Å². The molecule has 1 atom stereocenters. The Morgan fingerprint density at radius 1 is 1.21 bits per heavy atom. The average molecular weight is 329 g/mol. The highest BCUT2D eigenvalue weighted by Gasteiger charge is 2.16. The van der Waals surface area contributed by atoms with Crippen LogP contribution in [0.1, 0.15) is 33.7 Å². The summed E-state index contributed by atoms with van der Waals surface area (Å²) >= 11 is 0. The van der Waals surface area contributed by atoms with E-state index in [4.69, 9.17) is 14.2 Å². The highest BCUT2D eigenvalue weighted by Crippen LogP contribution is 2.17. The van der Waals surface area contributed by atoms with Crippen LogP contribution in [0.15, 0.2) is 42.6 Å². The highest BCUT2D eigenvalue weighted by atomic mass is 16.5. The Kier molecular flexibility index (Phi) is 5.28. The monoisotopic (exact) mass is 329 g/mol. The summed E-state index contributed by atoms with van der Waals surface area (Å²) in [6.45, 7) is 1.01. The van der Waals surface area contributed by atoms with Crippen molar-refractivity contribution in [3.05, 3.63) is 53.9 Å². The number of rotatable bonds is 7. The van der Waals surface area contributed by atoms with Crippen LogP contribution in [0.5, 0.6) is 5.75 Å². The zero-order valence-electron chi connectivity index (χ0n) is 13.2. The predicted octanol–water partition coefficient (Wildman–Crippen LogP) is 2.61. The SMILES string of the molecule is O=C(OCC(=O)c1ccc[nH]1)c1ccc(OC[C@@H]2CCCO2)cc1. The molecule has 2 aromatic rings. The van der Waals surface area contributed by atoms with Crippen LogP contribution < -0.4 is 4.74 Å². The lowest BCUT2D eigenvalue weighted by molar-refractivity contribution is 0.0473. The molecule has 0 aliphatic carbocycles. The van der Waals surface area contributed by atoms with Crippen molar-refractivity contribution in [1.29, 1.82) is 0 Å². The van der Waals surface area contributed by atoms with Crippen molar-refractivity contribution in [2.45, 2.75) is 18.9 Å². The van der Waals surface area contributed by atoms with Crippen LogP contribution in [-0.2, 0) is 9.47 Å². The second-order valence-corrected chi connectivity index (χ2v) is 5.55. The first-order valence-electron chi connectivity index (χ1n) is 7.90. The van der Waals surface area contributed by atoms with Gasteiger partial charge in [0.1, 0.15) is 12.4 Å². The molecule has 0 saturated carbocycles. The number of benzene rings is 1. The van der Waals surface area contributed by atoms with E-state index in [1.165, 1.54) is 0 Å². The summed E-state index contributed by atoms with van der Waals surface area (Å²) < 4.78 is 16.1. The summed E-state index contributed by atoms with van der Waals surface area (Å²) in [5.74, 6) is -0.144. The van der Waals surface area contributed by atoms with Crippen LogP contribution in [0.2, 0.25) is 0 Å². The van der Waals surface area contributed by atoms with E-state index in [1.54, 1.807) is 42.6 Å². The minimum atomic E-state index is -0.541. The molecular weight excluding hydrogens is 310 g/mol. The van der Waals surface area contributed by atoms with E-state index in [0.29, 0.717) is 23.6 Å². The van der Waals surface area contributed by atoms with E-state index in [9.17, 15) is 9.59 Å². The van der Waals surface area contributed by atoms with E-state index in [0.717, 1.165) is 19.4 Å². The Labute approximate surface area is 139 Å². The van der Waals surface area contributed by atoms with Gasteiger partial charge in [0.15, 0.2) is 6.61 Å². The van der Waals surface area contributed by atoms with Crippen molar-refractivity contribution >= 4 is 11.8 Å². The number of carbonyl (C=O) groups excluding carboxylic acids is 2. The maximum Gasteiger partial charge on any atom is 0.338 e. The second kappa shape index (κ2) is 7.79. The summed E-state index contributed by atoms with van der Waals surface area (Å²) in [4.78, 5) is 26.5. The molecule has 0 amide bonds. The Balaban J connectivity index is 1.47. The molecule has 1 saturated heterocycles. The molecule has 1 aliphatic rings. The first kappa shape index (κ1) is 16.3. The van der Waals surface area contributed by atoms with Gasteiger partial charge >= 0.3 is 5.97 Å². The lowest BCUT2D eigenvalue weighted by Crippen LogP contribution is -2.16. The third-order valence-electron chi connectivity index (χ3n) is 3.78. The third-order valence-corrected chi connectivity index (χ3v) is 3.78. The smallest absolute Gasteiger partial charge is 0.338 e. The van der Waals surface area contributed by atoms with Gasteiger partial charge in [-0.2, -0.15) is 0 Å². The number of aromatic amines is 1. The molecule has 1 aliphatic heterocycles. The number of ether oxygens (including phenoxy) is 3. The number of H-pyrrole nitrogens is 1. The summed E-state index contributed by atoms with van der Waals surface area (Å²) in [5.41, 5.74) is 0.791. The number of ketones is 1. The normalized spacial score (nSPS) is 16.8. The molecule has 126 valence electrons. The van der Waals surface area contributed by atoms with Crippen molar-refractivity contribution in [2.75, 3.05) is 19.8 Å². The molecule has 1 aromatic heterocycles. The van der Waals surface area contributed by atoms with Crippen molar-refractivity contribution in [3.63, 3.8) is 0 Å². The first-order valence-corrected chi connectivity index (χ1v) is 7.90. The Morgan fingerprint density at radius 3 is 2.71 bits per heavy atom. The van der Waals surface area contributed by atoms with Gasteiger partial charge in [0.25, 0.3) is 0 Å². The van der Waals surface area contributed by atoms with Gasteiger partial charge in [-0.05, 0) is 49.2 Å². The first-order chi connectivity index (χ1) is 11.7. The number of nitrogens with one attached hydrogen (secondary N) is 1. The van der Waals surface area contributed by atoms with E-state index in [-0.39, 0.29) is 18.5 Å². The lowest BCUT2D eigenvalue weighted by atomic mass is 10.2. The Bertz CT molecular complexity index is 672. The summed E-state index contributed by atoms with van der Waals surface area (Å²) in [5, 5.41) is 0. The Morgan fingerprint density at radius 2 is 2.04 bits per heavy atom. The number of hydrogen-bond acceptors (Lipinski definition) is 5. The van der Waals surface area contributed by atoms with Gasteiger partial charge in [-0.15, -0.1) is 0 Å². The van der Waals surface area contributed by atoms with Crippen LogP contribution in [0, 0.1) is 0 Å². The number of Topliss-reactive ketones (excluding diaryl/α,β-unsaturated/α-hetero) is 1. The summed E-state index contributed by atoms with van der Waals surface area (Å²) in [6, 6.07) is 10.00. The van der Waals surface area contributed by atoms with Crippen LogP contribution in [0.25, 0.3) is 0 Å². The van der Waals surface area contributed by atoms with Gasteiger partial charge in [-0.1, -0.05) is 0 Å². The summed E-state index contributed by atoms with van der Waals surface area (Å²) in [6.07, 6.45) is 3.87. The van der Waals surface area contributed by atoms with Crippen LogP contribution in [-0.4, -0.2) is 42.7 Å². The molecule has 24 heavy (non-hydrogen) atoms. The predicted molar refractivity (Wildman–Crippen MR) is 86.3 cm³/mol.